The van der Waals surface area contributed by atoms with E-state index in [1.807, 2.05) is 13.2 Å². The van der Waals surface area contributed by atoms with Crippen LogP contribution in [0, 0.1) is 0 Å². The van der Waals surface area contributed by atoms with Crippen molar-refractivity contribution in [3.63, 3.8) is 0 Å². The van der Waals surface area contributed by atoms with Crippen molar-refractivity contribution in [3.05, 3.63) is 23.2 Å². The zero-order chi connectivity index (χ0) is 14.6. The molecule has 0 spiro atoms. The lowest BCUT2D eigenvalue weighted by Gasteiger charge is -2.24. The summed E-state index contributed by atoms with van der Waals surface area (Å²) in [6.45, 7) is 1.89. The van der Waals surface area contributed by atoms with E-state index in [1.165, 1.54) is 22.5 Å². The summed E-state index contributed by atoms with van der Waals surface area (Å²) < 4.78 is 26.3. The zero-order valence-corrected chi connectivity index (χ0v) is 13.6. The molecule has 1 atom stereocenters. The van der Waals surface area contributed by atoms with E-state index in [9.17, 15) is 8.42 Å². The zero-order valence-electron chi connectivity index (χ0n) is 11.3. The molecule has 0 heterocycles. The average molecular weight is 323 g/mol. The maximum absolute atomic E-state index is 12.5. The minimum atomic E-state index is -3.58. The second-order valence-electron chi connectivity index (χ2n) is 4.33. The van der Waals surface area contributed by atoms with Gasteiger partial charge in [0.2, 0.25) is 10.0 Å². The monoisotopic (exact) mass is 322 g/mol. The first-order chi connectivity index (χ1) is 8.80. The molecule has 4 nitrogen and oxygen atoms in total. The van der Waals surface area contributed by atoms with Crippen LogP contribution in [0.25, 0.3) is 0 Å². The van der Waals surface area contributed by atoms with Crippen molar-refractivity contribution in [2.24, 2.45) is 0 Å². The van der Waals surface area contributed by atoms with Gasteiger partial charge >= 0.3 is 0 Å². The van der Waals surface area contributed by atoms with Crippen LogP contribution in [0.15, 0.2) is 23.1 Å². The summed E-state index contributed by atoms with van der Waals surface area (Å²) in [5, 5.41) is 0.425. The molecule has 0 aromatic heterocycles. The van der Waals surface area contributed by atoms with Crippen LogP contribution in [0.4, 0.5) is 5.69 Å². The number of sulfonamides is 1. The van der Waals surface area contributed by atoms with E-state index >= 15 is 0 Å². The number of benzene rings is 1. The van der Waals surface area contributed by atoms with Crippen molar-refractivity contribution in [1.82, 2.24) is 4.31 Å². The fraction of sp³-hybridized carbons (Fsp3) is 0.500. The largest absolute Gasteiger partial charge is 0.398 e. The molecule has 7 heteroatoms. The summed E-state index contributed by atoms with van der Waals surface area (Å²) >= 11 is 7.48. The van der Waals surface area contributed by atoms with E-state index in [0.717, 1.165) is 12.2 Å². The molecule has 0 aliphatic rings. The molecule has 108 valence electrons. The van der Waals surface area contributed by atoms with E-state index in [4.69, 9.17) is 17.3 Å². The molecular formula is C12H19ClN2O2S2. The molecule has 0 radical (unpaired) electrons. The number of hydrogen-bond acceptors (Lipinski definition) is 4. The minimum absolute atomic E-state index is 0.0764. The summed E-state index contributed by atoms with van der Waals surface area (Å²) in [6, 6.07) is 4.36. The number of rotatable bonds is 6. The highest BCUT2D eigenvalue weighted by Gasteiger charge is 2.26. The summed E-state index contributed by atoms with van der Waals surface area (Å²) in [4.78, 5) is 0.107. The summed E-state index contributed by atoms with van der Waals surface area (Å²) in [6.07, 6.45) is 2.79. The van der Waals surface area contributed by atoms with E-state index < -0.39 is 10.0 Å². The van der Waals surface area contributed by atoms with Crippen LogP contribution in [0.3, 0.4) is 0 Å². The molecule has 1 aromatic carbocycles. The number of nitrogen functional groups attached to an aromatic ring is 1. The smallest absolute Gasteiger partial charge is 0.245 e. The lowest BCUT2D eigenvalue weighted by atomic mass is 10.3. The molecule has 1 rings (SSSR count). The second-order valence-corrected chi connectivity index (χ2v) is 7.72. The normalized spacial score (nSPS) is 13.7. The Morgan fingerprint density at radius 1 is 1.47 bits per heavy atom. The Morgan fingerprint density at radius 2 is 2.11 bits per heavy atom. The summed E-state index contributed by atoms with van der Waals surface area (Å²) in [5.41, 5.74) is 5.93. The van der Waals surface area contributed by atoms with Gasteiger partial charge in [-0.2, -0.15) is 16.1 Å². The summed E-state index contributed by atoms with van der Waals surface area (Å²) in [7, 11) is -2.00. The van der Waals surface area contributed by atoms with Crippen LogP contribution in [0.1, 0.15) is 13.3 Å². The third-order valence-electron chi connectivity index (χ3n) is 2.99. The standard InChI is InChI=1S/C12H19ClN2O2S2/c1-9(6-7-18-3)15(2)19(16,17)12-5-4-10(13)8-11(12)14/h4-5,8-9H,6-7,14H2,1-3H3. The van der Waals surface area contributed by atoms with Gasteiger partial charge in [0, 0.05) is 18.1 Å². The Labute approximate surface area is 124 Å². The fourth-order valence-electron chi connectivity index (χ4n) is 1.62. The van der Waals surface area contributed by atoms with Gasteiger partial charge in [-0.25, -0.2) is 8.42 Å². The van der Waals surface area contributed by atoms with Crippen LogP contribution < -0.4 is 5.73 Å². The molecule has 0 bridgehead atoms. The predicted molar refractivity (Wildman–Crippen MR) is 83.3 cm³/mol. The Balaban J connectivity index is 3.02. The number of halogens is 1. The first-order valence-electron chi connectivity index (χ1n) is 5.82. The Hall–Kier alpha value is -0.430. The van der Waals surface area contributed by atoms with E-state index in [0.29, 0.717) is 5.02 Å². The van der Waals surface area contributed by atoms with Crippen molar-refractivity contribution < 1.29 is 8.42 Å². The molecular weight excluding hydrogens is 304 g/mol. The number of hydrogen-bond donors (Lipinski definition) is 1. The predicted octanol–water partition coefficient (Wildman–Crippen LogP) is 2.68. The lowest BCUT2D eigenvalue weighted by Crippen LogP contribution is -2.35. The third kappa shape index (κ3) is 4.02. The van der Waals surface area contributed by atoms with Gasteiger partial charge in [0.1, 0.15) is 4.90 Å². The van der Waals surface area contributed by atoms with Crippen molar-refractivity contribution in [3.8, 4) is 0 Å². The Bertz CT molecular complexity index is 535. The maximum Gasteiger partial charge on any atom is 0.245 e. The highest BCUT2D eigenvalue weighted by Crippen LogP contribution is 2.26. The van der Waals surface area contributed by atoms with E-state index in [2.05, 4.69) is 0 Å². The van der Waals surface area contributed by atoms with Gasteiger partial charge in [-0.1, -0.05) is 11.6 Å². The van der Waals surface area contributed by atoms with Crippen LogP contribution in [0.5, 0.6) is 0 Å². The van der Waals surface area contributed by atoms with Crippen LogP contribution in [-0.4, -0.2) is 37.8 Å². The molecule has 2 N–H and O–H groups in total. The maximum atomic E-state index is 12.5. The number of anilines is 1. The molecule has 0 amide bonds. The van der Waals surface area contributed by atoms with Crippen molar-refractivity contribution in [2.45, 2.75) is 24.3 Å². The number of nitrogens with two attached hydrogens (primary N) is 1. The number of nitrogens with zero attached hydrogens (tertiary/aromatic N) is 1. The fourth-order valence-corrected chi connectivity index (χ4v) is 3.86. The molecule has 0 saturated carbocycles. The van der Waals surface area contributed by atoms with Gasteiger partial charge in [0.15, 0.2) is 0 Å². The second kappa shape index (κ2) is 6.83. The van der Waals surface area contributed by atoms with Gasteiger partial charge in [0.05, 0.1) is 5.69 Å². The first-order valence-corrected chi connectivity index (χ1v) is 9.04. The van der Waals surface area contributed by atoms with Crippen LogP contribution in [0.2, 0.25) is 5.02 Å². The Morgan fingerprint density at radius 3 is 2.63 bits per heavy atom. The average Bonchev–Trinajstić information content (AvgIpc) is 2.34. The first kappa shape index (κ1) is 16.6. The van der Waals surface area contributed by atoms with Crippen molar-refractivity contribution in [2.75, 3.05) is 24.8 Å². The molecule has 19 heavy (non-hydrogen) atoms. The van der Waals surface area contributed by atoms with Crippen molar-refractivity contribution >= 4 is 39.1 Å². The van der Waals surface area contributed by atoms with Gasteiger partial charge in [-0.15, -0.1) is 0 Å². The molecule has 0 fully saturated rings. The molecule has 0 aliphatic heterocycles. The van der Waals surface area contributed by atoms with E-state index in [-0.39, 0.29) is 16.6 Å². The van der Waals surface area contributed by atoms with Crippen molar-refractivity contribution in [1.29, 1.82) is 0 Å². The van der Waals surface area contributed by atoms with E-state index in [1.54, 1.807) is 18.8 Å². The quantitative estimate of drug-likeness (QED) is 0.818. The van der Waals surface area contributed by atoms with Crippen LogP contribution in [-0.2, 0) is 10.0 Å². The van der Waals surface area contributed by atoms with Gasteiger partial charge < -0.3 is 5.73 Å². The lowest BCUT2D eigenvalue weighted by molar-refractivity contribution is 0.382. The Kier molecular flexibility index (Phi) is 5.98. The van der Waals surface area contributed by atoms with Gasteiger partial charge in [0.25, 0.3) is 0 Å². The van der Waals surface area contributed by atoms with Crippen LogP contribution >= 0.6 is 23.4 Å². The van der Waals surface area contributed by atoms with Gasteiger partial charge in [-0.3, -0.25) is 0 Å². The number of thioether (sulfide) groups is 1. The molecule has 1 aromatic rings. The molecule has 0 saturated heterocycles. The topological polar surface area (TPSA) is 63.4 Å². The third-order valence-corrected chi connectivity index (χ3v) is 5.91. The minimum Gasteiger partial charge on any atom is -0.398 e. The highest BCUT2D eigenvalue weighted by atomic mass is 35.5. The molecule has 1 unspecified atom stereocenters. The SMILES string of the molecule is CSCCC(C)N(C)S(=O)(=O)c1ccc(Cl)cc1N. The molecule has 0 aliphatic carbocycles. The van der Waals surface area contributed by atoms with Gasteiger partial charge in [-0.05, 0) is 43.6 Å². The summed E-state index contributed by atoms with van der Waals surface area (Å²) in [5.74, 6) is 0.914. The highest BCUT2D eigenvalue weighted by molar-refractivity contribution is 7.98.